The quantitative estimate of drug-likeness (QED) is 0.656. The van der Waals surface area contributed by atoms with E-state index < -0.39 is 15.9 Å². The molecule has 0 fully saturated rings. The van der Waals surface area contributed by atoms with Gasteiger partial charge in [0.25, 0.3) is 15.9 Å². The van der Waals surface area contributed by atoms with Gasteiger partial charge in [-0.25, -0.2) is 8.42 Å². The number of nitrogens with one attached hydrogen (secondary N) is 2. The molecule has 0 aliphatic carbocycles. The predicted octanol–water partition coefficient (Wildman–Crippen LogP) is 1.55. The predicted molar refractivity (Wildman–Crippen MR) is 92.0 cm³/mol. The number of nitrogens with zero attached hydrogens (tertiary/aromatic N) is 2. The molecule has 1 heterocycles. The second-order valence-corrected chi connectivity index (χ2v) is 6.97. The summed E-state index contributed by atoms with van der Waals surface area (Å²) in [6.07, 6.45) is 2.94. The van der Waals surface area contributed by atoms with Crippen LogP contribution in [0.2, 0.25) is 0 Å². The Kier molecular flexibility index (Phi) is 4.92. The SMILES string of the molecule is O=C(NNS(=O)(=O)c1ccccc1)c1cnn(Cc2ccccc2)c1. The molecule has 1 aromatic heterocycles. The van der Waals surface area contributed by atoms with Crippen molar-refractivity contribution in [1.82, 2.24) is 20.0 Å². The van der Waals surface area contributed by atoms with Crippen molar-refractivity contribution >= 4 is 15.9 Å². The number of sulfonamides is 1. The average molecular weight is 356 g/mol. The number of hydrogen-bond acceptors (Lipinski definition) is 4. The zero-order chi connectivity index (χ0) is 17.7. The molecule has 0 aliphatic rings. The van der Waals surface area contributed by atoms with Crippen LogP contribution in [-0.4, -0.2) is 24.1 Å². The van der Waals surface area contributed by atoms with Crippen molar-refractivity contribution < 1.29 is 13.2 Å². The van der Waals surface area contributed by atoms with Crippen LogP contribution in [0.4, 0.5) is 0 Å². The molecule has 0 spiro atoms. The standard InChI is InChI=1S/C17H16N4O3S/c22-17(19-20-25(23,24)16-9-5-2-6-10-16)15-11-18-21(13-15)12-14-7-3-1-4-8-14/h1-11,13,20H,12H2,(H,19,22). The molecule has 2 N–H and O–H groups in total. The van der Waals surface area contributed by atoms with Crippen LogP contribution < -0.4 is 10.3 Å². The van der Waals surface area contributed by atoms with Gasteiger partial charge in [0, 0.05) is 6.20 Å². The Morgan fingerprint density at radius 1 is 1.00 bits per heavy atom. The zero-order valence-corrected chi connectivity index (χ0v) is 14.0. The van der Waals surface area contributed by atoms with E-state index >= 15 is 0 Å². The highest BCUT2D eigenvalue weighted by Crippen LogP contribution is 2.07. The highest BCUT2D eigenvalue weighted by Gasteiger charge is 2.16. The number of rotatable bonds is 6. The van der Waals surface area contributed by atoms with Gasteiger partial charge in [0.15, 0.2) is 0 Å². The number of carbonyl (C=O) groups excluding carboxylic acids is 1. The van der Waals surface area contributed by atoms with E-state index in [1.165, 1.54) is 18.3 Å². The van der Waals surface area contributed by atoms with E-state index in [0.29, 0.717) is 6.54 Å². The van der Waals surface area contributed by atoms with Crippen molar-refractivity contribution in [3.8, 4) is 0 Å². The molecular formula is C17H16N4O3S. The molecule has 1 amide bonds. The van der Waals surface area contributed by atoms with Gasteiger partial charge in [-0.15, -0.1) is 4.83 Å². The van der Waals surface area contributed by atoms with Gasteiger partial charge in [0.05, 0.1) is 23.2 Å². The van der Waals surface area contributed by atoms with Crippen molar-refractivity contribution in [1.29, 1.82) is 0 Å². The lowest BCUT2D eigenvalue weighted by molar-refractivity contribution is 0.0945. The number of hydrogen-bond donors (Lipinski definition) is 2. The van der Waals surface area contributed by atoms with Crippen molar-refractivity contribution in [3.63, 3.8) is 0 Å². The molecule has 7 nitrogen and oxygen atoms in total. The Labute approximate surface area is 145 Å². The molecule has 3 rings (SSSR count). The third-order valence-corrected chi connectivity index (χ3v) is 4.70. The largest absolute Gasteiger partial charge is 0.273 e. The van der Waals surface area contributed by atoms with Gasteiger partial charge in [0.2, 0.25) is 0 Å². The molecule has 2 aromatic carbocycles. The second-order valence-electron chi connectivity index (χ2n) is 5.28. The second kappa shape index (κ2) is 7.29. The molecule has 3 aromatic rings. The highest BCUT2D eigenvalue weighted by atomic mass is 32.2. The van der Waals surface area contributed by atoms with Crippen LogP contribution in [0.1, 0.15) is 15.9 Å². The normalized spacial score (nSPS) is 11.2. The molecular weight excluding hydrogens is 340 g/mol. The first-order valence-electron chi connectivity index (χ1n) is 7.48. The van der Waals surface area contributed by atoms with E-state index in [0.717, 1.165) is 5.56 Å². The van der Waals surface area contributed by atoms with E-state index in [2.05, 4.69) is 15.4 Å². The van der Waals surface area contributed by atoms with E-state index in [9.17, 15) is 13.2 Å². The average Bonchev–Trinajstić information content (AvgIpc) is 3.10. The van der Waals surface area contributed by atoms with E-state index in [1.54, 1.807) is 29.1 Å². The van der Waals surface area contributed by atoms with Crippen molar-refractivity contribution in [2.75, 3.05) is 0 Å². The van der Waals surface area contributed by atoms with Gasteiger partial charge >= 0.3 is 0 Å². The molecule has 0 radical (unpaired) electrons. The van der Waals surface area contributed by atoms with E-state index in [1.807, 2.05) is 30.3 Å². The summed E-state index contributed by atoms with van der Waals surface area (Å²) in [5.74, 6) is -0.584. The summed E-state index contributed by atoms with van der Waals surface area (Å²) in [5.41, 5.74) is 3.48. The monoisotopic (exact) mass is 356 g/mol. The van der Waals surface area contributed by atoms with Gasteiger partial charge in [-0.1, -0.05) is 48.5 Å². The molecule has 0 saturated carbocycles. The maximum Gasteiger partial charge on any atom is 0.269 e. The number of hydrazine groups is 1. The lowest BCUT2D eigenvalue weighted by atomic mass is 10.2. The summed E-state index contributed by atoms with van der Waals surface area (Å²) < 4.78 is 25.7. The van der Waals surface area contributed by atoms with Crippen molar-refractivity contribution in [2.24, 2.45) is 0 Å². The van der Waals surface area contributed by atoms with E-state index in [4.69, 9.17) is 0 Å². The minimum absolute atomic E-state index is 0.0649. The molecule has 8 heteroatoms. The van der Waals surface area contributed by atoms with Crippen molar-refractivity contribution in [3.05, 3.63) is 84.2 Å². The smallest absolute Gasteiger partial charge is 0.269 e. The molecule has 128 valence electrons. The first-order chi connectivity index (χ1) is 12.0. The summed E-state index contributed by atoms with van der Waals surface area (Å²) in [6, 6.07) is 17.5. The summed E-state index contributed by atoms with van der Waals surface area (Å²) in [6.45, 7) is 0.518. The first-order valence-corrected chi connectivity index (χ1v) is 8.96. The van der Waals surface area contributed by atoms with Crippen LogP contribution in [0.15, 0.2) is 78.0 Å². The van der Waals surface area contributed by atoms with Crippen molar-refractivity contribution in [2.45, 2.75) is 11.4 Å². The third-order valence-electron chi connectivity index (χ3n) is 3.44. The molecule has 0 unspecified atom stereocenters. The fourth-order valence-electron chi connectivity index (χ4n) is 2.18. The highest BCUT2D eigenvalue weighted by molar-refractivity contribution is 7.89. The molecule has 0 aliphatic heterocycles. The van der Waals surface area contributed by atoms with Gasteiger partial charge in [0.1, 0.15) is 0 Å². The lowest BCUT2D eigenvalue weighted by Crippen LogP contribution is -2.41. The van der Waals surface area contributed by atoms with Gasteiger partial charge in [-0.05, 0) is 17.7 Å². The number of aromatic nitrogens is 2. The maximum atomic E-state index is 12.1. The Hall–Kier alpha value is -2.97. The van der Waals surface area contributed by atoms with Crippen LogP contribution in [0.5, 0.6) is 0 Å². The van der Waals surface area contributed by atoms with Crippen LogP contribution in [0, 0.1) is 0 Å². The Morgan fingerprint density at radius 2 is 1.64 bits per heavy atom. The van der Waals surface area contributed by atoms with Crippen LogP contribution in [0.25, 0.3) is 0 Å². The summed E-state index contributed by atoms with van der Waals surface area (Å²) in [5, 5.41) is 4.11. The number of benzene rings is 2. The van der Waals surface area contributed by atoms with E-state index in [-0.39, 0.29) is 10.5 Å². The minimum Gasteiger partial charge on any atom is -0.273 e. The fraction of sp³-hybridized carbons (Fsp3) is 0.0588. The van der Waals surface area contributed by atoms with Gasteiger partial charge in [-0.3, -0.25) is 14.9 Å². The molecule has 0 saturated heterocycles. The fourth-order valence-corrected chi connectivity index (χ4v) is 3.04. The Bertz CT molecular complexity index is 954. The van der Waals surface area contributed by atoms with Crippen LogP contribution >= 0.6 is 0 Å². The summed E-state index contributed by atoms with van der Waals surface area (Å²) in [4.78, 5) is 14.2. The topological polar surface area (TPSA) is 93.1 Å². The van der Waals surface area contributed by atoms with Crippen LogP contribution in [-0.2, 0) is 16.6 Å². The summed E-state index contributed by atoms with van der Waals surface area (Å²) >= 11 is 0. The zero-order valence-electron chi connectivity index (χ0n) is 13.2. The maximum absolute atomic E-state index is 12.1. The lowest BCUT2D eigenvalue weighted by Gasteiger charge is -2.07. The number of carbonyl (C=O) groups is 1. The van der Waals surface area contributed by atoms with Gasteiger partial charge in [-0.2, -0.15) is 5.10 Å². The Morgan fingerprint density at radius 3 is 2.32 bits per heavy atom. The molecule has 25 heavy (non-hydrogen) atoms. The molecule has 0 atom stereocenters. The minimum atomic E-state index is -3.81. The third kappa shape index (κ3) is 4.31. The summed E-state index contributed by atoms with van der Waals surface area (Å²) in [7, 11) is -3.81. The van der Waals surface area contributed by atoms with Gasteiger partial charge < -0.3 is 0 Å². The first kappa shape index (κ1) is 16.9. The number of amides is 1. The Balaban J connectivity index is 1.62. The van der Waals surface area contributed by atoms with Crippen LogP contribution in [0.3, 0.4) is 0 Å². The molecule has 0 bridgehead atoms.